The molecule has 0 spiro atoms. The number of hydrogen-bond acceptors (Lipinski definition) is 3. The van der Waals surface area contributed by atoms with E-state index in [1.54, 1.807) is 18.3 Å². The Labute approximate surface area is 158 Å². The maximum absolute atomic E-state index is 12.1. The molecule has 0 atom stereocenters. The number of carbonyl (C=O) groups excluding carboxylic acids is 1. The van der Waals surface area contributed by atoms with Crippen molar-refractivity contribution in [3.05, 3.63) is 83.0 Å². The lowest BCUT2D eigenvalue weighted by molar-refractivity contribution is -0.115. The zero-order chi connectivity index (χ0) is 18.4. The summed E-state index contributed by atoms with van der Waals surface area (Å²) < 4.78 is 0. The van der Waals surface area contributed by atoms with Crippen molar-refractivity contribution in [3.8, 4) is 0 Å². The van der Waals surface area contributed by atoms with Crippen LogP contribution in [0.25, 0.3) is 0 Å². The molecule has 0 bridgehead atoms. The first-order chi connectivity index (χ1) is 12.6. The van der Waals surface area contributed by atoms with Crippen molar-refractivity contribution in [2.24, 2.45) is 0 Å². The van der Waals surface area contributed by atoms with Crippen LogP contribution in [0, 0.1) is 0 Å². The number of carbonyl (C=O) groups is 1. The number of aromatic nitrogens is 1. The molecule has 3 aromatic rings. The minimum atomic E-state index is -0.0926. The molecule has 0 radical (unpaired) electrons. The molecule has 1 heterocycles. The number of nitrogens with zero attached hydrogens (tertiary/aromatic N) is 1. The van der Waals surface area contributed by atoms with Gasteiger partial charge in [-0.3, -0.25) is 4.79 Å². The SMILES string of the molecule is CCc1ccc(Nc2ccc(NC(=O)Cc3ccc(Cl)cc3)cn2)cc1. The maximum Gasteiger partial charge on any atom is 0.228 e. The summed E-state index contributed by atoms with van der Waals surface area (Å²) in [5.74, 6) is 0.634. The summed E-state index contributed by atoms with van der Waals surface area (Å²) in [6.07, 6.45) is 2.95. The lowest BCUT2D eigenvalue weighted by Gasteiger charge is -2.08. The molecular weight excluding hydrogens is 346 g/mol. The molecule has 0 saturated carbocycles. The summed E-state index contributed by atoms with van der Waals surface area (Å²) in [5, 5.41) is 6.75. The minimum absolute atomic E-state index is 0.0926. The van der Waals surface area contributed by atoms with E-state index in [-0.39, 0.29) is 5.91 Å². The highest BCUT2D eigenvalue weighted by atomic mass is 35.5. The number of hydrogen-bond donors (Lipinski definition) is 2. The monoisotopic (exact) mass is 365 g/mol. The predicted octanol–water partition coefficient (Wildman–Crippen LogP) is 5.22. The van der Waals surface area contributed by atoms with E-state index in [1.807, 2.05) is 36.4 Å². The van der Waals surface area contributed by atoms with E-state index < -0.39 is 0 Å². The first-order valence-corrected chi connectivity index (χ1v) is 8.86. The van der Waals surface area contributed by atoms with Gasteiger partial charge in [-0.1, -0.05) is 42.8 Å². The van der Waals surface area contributed by atoms with Crippen LogP contribution < -0.4 is 10.6 Å². The van der Waals surface area contributed by atoms with E-state index in [9.17, 15) is 4.79 Å². The Bertz CT molecular complexity index is 859. The normalized spacial score (nSPS) is 10.4. The van der Waals surface area contributed by atoms with Crippen LogP contribution in [0.2, 0.25) is 5.02 Å². The molecular formula is C21H20ClN3O. The lowest BCUT2D eigenvalue weighted by Crippen LogP contribution is -2.14. The van der Waals surface area contributed by atoms with Gasteiger partial charge < -0.3 is 10.6 Å². The van der Waals surface area contributed by atoms with Crippen molar-refractivity contribution in [1.82, 2.24) is 4.98 Å². The highest BCUT2D eigenvalue weighted by Crippen LogP contribution is 2.17. The first kappa shape index (κ1) is 18.0. The average Bonchev–Trinajstić information content (AvgIpc) is 2.66. The van der Waals surface area contributed by atoms with Crippen molar-refractivity contribution < 1.29 is 4.79 Å². The van der Waals surface area contributed by atoms with E-state index in [0.717, 1.165) is 23.5 Å². The zero-order valence-corrected chi connectivity index (χ0v) is 15.3. The Hall–Kier alpha value is -2.85. The minimum Gasteiger partial charge on any atom is -0.340 e. The van der Waals surface area contributed by atoms with Crippen LogP contribution in [0.1, 0.15) is 18.1 Å². The van der Waals surface area contributed by atoms with Crippen LogP contribution >= 0.6 is 11.6 Å². The largest absolute Gasteiger partial charge is 0.340 e. The number of nitrogens with one attached hydrogen (secondary N) is 2. The number of aryl methyl sites for hydroxylation is 1. The summed E-state index contributed by atoms with van der Waals surface area (Å²) in [4.78, 5) is 16.5. The van der Waals surface area contributed by atoms with Crippen LogP contribution in [0.5, 0.6) is 0 Å². The van der Waals surface area contributed by atoms with Gasteiger partial charge in [0.2, 0.25) is 5.91 Å². The fraction of sp³-hybridized carbons (Fsp3) is 0.143. The maximum atomic E-state index is 12.1. The zero-order valence-electron chi connectivity index (χ0n) is 14.5. The third-order valence-corrected chi connectivity index (χ3v) is 4.21. The third kappa shape index (κ3) is 5.07. The van der Waals surface area contributed by atoms with Crippen molar-refractivity contribution in [2.75, 3.05) is 10.6 Å². The second kappa shape index (κ2) is 8.50. The van der Waals surface area contributed by atoms with Gasteiger partial charge in [-0.2, -0.15) is 0 Å². The van der Waals surface area contributed by atoms with Crippen LogP contribution in [0.3, 0.4) is 0 Å². The smallest absolute Gasteiger partial charge is 0.228 e. The Kier molecular flexibility index (Phi) is 5.87. The molecule has 0 fully saturated rings. The standard InChI is InChI=1S/C21H20ClN3O/c1-2-15-5-9-18(10-6-15)24-20-12-11-19(14-23-20)25-21(26)13-16-3-7-17(22)8-4-16/h3-12,14H,2,13H2,1H3,(H,23,24)(H,25,26). The summed E-state index contributed by atoms with van der Waals surface area (Å²) in [6, 6.07) is 19.2. The van der Waals surface area contributed by atoms with Gasteiger partial charge in [0, 0.05) is 10.7 Å². The third-order valence-electron chi connectivity index (χ3n) is 3.96. The van der Waals surface area contributed by atoms with Gasteiger partial charge in [-0.05, 0) is 53.9 Å². The molecule has 4 nitrogen and oxygen atoms in total. The van der Waals surface area contributed by atoms with Gasteiger partial charge in [0.1, 0.15) is 5.82 Å². The fourth-order valence-corrected chi connectivity index (χ4v) is 2.63. The Morgan fingerprint density at radius 3 is 2.19 bits per heavy atom. The number of amides is 1. The summed E-state index contributed by atoms with van der Waals surface area (Å²) in [5.41, 5.74) is 3.85. The van der Waals surface area contributed by atoms with Crippen LogP contribution in [-0.4, -0.2) is 10.9 Å². The van der Waals surface area contributed by atoms with Gasteiger partial charge in [0.15, 0.2) is 0 Å². The van der Waals surface area contributed by atoms with Gasteiger partial charge in [-0.15, -0.1) is 0 Å². The van der Waals surface area contributed by atoms with E-state index in [1.165, 1.54) is 5.56 Å². The molecule has 3 rings (SSSR count). The Morgan fingerprint density at radius 2 is 1.58 bits per heavy atom. The van der Waals surface area contributed by atoms with Crippen molar-refractivity contribution >= 4 is 34.7 Å². The van der Waals surface area contributed by atoms with Crippen molar-refractivity contribution in [3.63, 3.8) is 0 Å². The van der Waals surface area contributed by atoms with Gasteiger partial charge >= 0.3 is 0 Å². The highest BCUT2D eigenvalue weighted by molar-refractivity contribution is 6.30. The fourth-order valence-electron chi connectivity index (χ4n) is 2.51. The van der Waals surface area contributed by atoms with Gasteiger partial charge in [0.25, 0.3) is 0 Å². The topological polar surface area (TPSA) is 54.0 Å². The summed E-state index contributed by atoms with van der Waals surface area (Å²) in [6.45, 7) is 2.13. The highest BCUT2D eigenvalue weighted by Gasteiger charge is 2.05. The summed E-state index contributed by atoms with van der Waals surface area (Å²) >= 11 is 5.85. The van der Waals surface area contributed by atoms with Gasteiger partial charge in [-0.25, -0.2) is 4.98 Å². The molecule has 2 aromatic carbocycles. The molecule has 0 unspecified atom stereocenters. The molecule has 0 aliphatic heterocycles. The van der Waals surface area contributed by atoms with Crippen molar-refractivity contribution in [1.29, 1.82) is 0 Å². The number of pyridine rings is 1. The molecule has 2 N–H and O–H groups in total. The Morgan fingerprint density at radius 1 is 0.923 bits per heavy atom. The molecule has 5 heteroatoms. The molecule has 0 aliphatic carbocycles. The number of benzene rings is 2. The summed E-state index contributed by atoms with van der Waals surface area (Å²) in [7, 11) is 0. The van der Waals surface area contributed by atoms with Crippen molar-refractivity contribution in [2.45, 2.75) is 19.8 Å². The molecule has 0 aliphatic rings. The van der Waals surface area contributed by atoms with Gasteiger partial charge in [0.05, 0.1) is 18.3 Å². The van der Waals surface area contributed by atoms with Crippen LogP contribution in [0.4, 0.5) is 17.2 Å². The number of anilines is 3. The number of rotatable bonds is 6. The second-order valence-corrected chi connectivity index (χ2v) is 6.40. The molecule has 132 valence electrons. The van der Waals surface area contributed by atoms with E-state index >= 15 is 0 Å². The van der Waals surface area contributed by atoms with E-state index in [0.29, 0.717) is 17.1 Å². The molecule has 1 aromatic heterocycles. The first-order valence-electron chi connectivity index (χ1n) is 8.48. The van der Waals surface area contributed by atoms with E-state index in [4.69, 9.17) is 11.6 Å². The van der Waals surface area contributed by atoms with Crippen LogP contribution in [-0.2, 0) is 17.6 Å². The molecule has 26 heavy (non-hydrogen) atoms. The predicted molar refractivity (Wildman–Crippen MR) is 107 cm³/mol. The number of halogens is 1. The average molecular weight is 366 g/mol. The molecule has 0 saturated heterocycles. The van der Waals surface area contributed by atoms with E-state index in [2.05, 4.69) is 34.7 Å². The van der Waals surface area contributed by atoms with Crippen LogP contribution in [0.15, 0.2) is 66.9 Å². The Balaban J connectivity index is 1.56. The molecule has 1 amide bonds. The second-order valence-electron chi connectivity index (χ2n) is 5.96. The quantitative estimate of drug-likeness (QED) is 0.629. The lowest BCUT2D eigenvalue weighted by atomic mass is 10.1.